The minimum atomic E-state index is -0.412. The van der Waals surface area contributed by atoms with Crippen LogP contribution < -0.4 is 0 Å². The molecule has 1 unspecified atom stereocenters. The standard InChI is InChI=1S/C24H17Cl2N3O2/c25-16-10-8-14(9-11-16)13-29-23(15-4-3-5-17(26)12-15)20-21(27-28-22(20)24(29)31)18-6-1-2-7-19(18)30/h1-12,23,30H,13H2,(H,27,28). The number of nitrogens with one attached hydrogen (secondary N) is 1. The molecule has 0 radical (unpaired) electrons. The number of aromatic hydroxyl groups is 1. The molecule has 5 nitrogen and oxygen atoms in total. The van der Waals surface area contributed by atoms with Crippen LogP contribution in [0.25, 0.3) is 11.3 Å². The number of H-pyrrole nitrogens is 1. The van der Waals surface area contributed by atoms with Gasteiger partial charge in [0, 0.05) is 27.7 Å². The molecule has 1 aliphatic rings. The summed E-state index contributed by atoms with van der Waals surface area (Å²) in [7, 11) is 0. The molecule has 3 aromatic carbocycles. The molecular formula is C24H17Cl2N3O2. The second-order valence-corrected chi connectivity index (χ2v) is 8.27. The molecule has 5 rings (SSSR count). The maximum absolute atomic E-state index is 13.4. The fraction of sp³-hybridized carbons (Fsp3) is 0.0833. The van der Waals surface area contributed by atoms with Gasteiger partial charge in [-0.3, -0.25) is 9.89 Å². The van der Waals surface area contributed by atoms with E-state index in [1.54, 1.807) is 41.3 Å². The van der Waals surface area contributed by atoms with Gasteiger partial charge < -0.3 is 10.0 Å². The van der Waals surface area contributed by atoms with Gasteiger partial charge in [0.2, 0.25) is 0 Å². The number of carbonyl (C=O) groups excluding carboxylic acids is 1. The monoisotopic (exact) mass is 449 g/mol. The van der Waals surface area contributed by atoms with Crippen molar-refractivity contribution < 1.29 is 9.90 Å². The number of aromatic nitrogens is 2. The van der Waals surface area contributed by atoms with Crippen LogP contribution in [-0.4, -0.2) is 26.1 Å². The number of para-hydroxylation sites is 1. The second-order valence-electron chi connectivity index (χ2n) is 7.40. The number of rotatable bonds is 4. The van der Waals surface area contributed by atoms with Crippen LogP contribution in [0.1, 0.15) is 33.2 Å². The smallest absolute Gasteiger partial charge is 0.273 e. The third-order valence-electron chi connectivity index (χ3n) is 5.45. The van der Waals surface area contributed by atoms with Gasteiger partial charge in [-0.15, -0.1) is 0 Å². The summed E-state index contributed by atoms with van der Waals surface area (Å²) in [6.07, 6.45) is 0. The fourth-order valence-corrected chi connectivity index (χ4v) is 4.37. The van der Waals surface area contributed by atoms with E-state index in [1.807, 2.05) is 36.4 Å². The van der Waals surface area contributed by atoms with Crippen LogP contribution in [-0.2, 0) is 6.54 Å². The number of halogens is 2. The molecular weight excluding hydrogens is 433 g/mol. The number of phenols is 1. The van der Waals surface area contributed by atoms with Crippen molar-refractivity contribution >= 4 is 29.1 Å². The van der Waals surface area contributed by atoms with E-state index in [0.717, 1.165) is 16.7 Å². The van der Waals surface area contributed by atoms with E-state index in [9.17, 15) is 9.90 Å². The molecule has 0 aliphatic carbocycles. The molecule has 7 heteroatoms. The summed E-state index contributed by atoms with van der Waals surface area (Å²) >= 11 is 12.3. The van der Waals surface area contributed by atoms with Crippen LogP contribution in [0.5, 0.6) is 5.75 Å². The van der Waals surface area contributed by atoms with Gasteiger partial charge in [-0.1, -0.05) is 59.6 Å². The number of carbonyl (C=O) groups is 1. The van der Waals surface area contributed by atoms with E-state index in [-0.39, 0.29) is 11.7 Å². The third kappa shape index (κ3) is 3.46. The zero-order chi connectivity index (χ0) is 21.5. The number of fused-ring (bicyclic) bond motifs is 1. The summed E-state index contributed by atoms with van der Waals surface area (Å²) in [4.78, 5) is 15.2. The number of phenolic OH excluding ortho intramolecular Hbond substituents is 1. The SMILES string of the molecule is O=C1c2[nH]nc(-c3ccccc3O)c2C(c2cccc(Cl)c2)N1Cc1ccc(Cl)cc1. The van der Waals surface area contributed by atoms with Crippen molar-refractivity contribution in [1.82, 2.24) is 15.1 Å². The summed E-state index contributed by atoms with van der Waals surface area (Å²) in [6, 6.07) is 21.4. The molecule has 2 heterocycles. The molecule has 4 aromatic rings. The number of hydrogen-bond acceptors (Lipinski definition) is 3. The lowest BCUT2D eigenvalue weighted by atomic mass is 9.95. The Hall–Kier alpha value is -3.28. The van der Waals surface area contributed by atoms with Crippen molar-refractivity contribution in [2.45, 2.75) is 12.6 Å². The Morgan fingerprint density at radius 3 is 2.48 bits per heavy atom. The van der Waals surface area contributed by atoms with E-state index in [4.69, 9.17) is 23.2 Å². The molecule has 0 spiro atoms. The van der Waals surface area contributed by atoms with Crippen molar-refractivity contribution in [1.29, 1.82) is 0 Å². The highest BCUT2D eigenvalue weighted by atomic mass is 35.5. The maximum atomic E-state index is 13.4. The van der Waals surface area contributed by atoms with E-state index in [1.165, 1.54) is 0 Å². The Labute approximate surface area is 188 Å². The minimum absolute atomic E-state index is 0.102. The van der Waals surface area contributed by atoms with Crippen LogP contribution in [0.4, 0.5) is 0 Å². The normalized spacial score (nSPS) is 15.4. The zero-order valence-corrected chi connectivity index (χ0v) is 17.7. The van der Waals surface area contributed by atoms with Crippen molar-refractivity contribution in [2.75, 3.05) is 0 Å². The highest BCUT2D eigenvalue weighted by molar-refractivity contribution is 6.30. The number of aromatic amines is 1. The molecule has 0 bridgehead atoms. The summed E-state index contributed by atoms with van der Waals surface area (Å²) in [5.41, 5.74) is 4.07. The fourth-order valence-electron chi connectivity index (χ4n) is 4.05. The Morgan fingerprint density at radius 2 is 1.74 bits per heavy atom. The number of amides is 1. The molecule has 1 atom stereocenters. The van der Waals surface area contributed by atoms with Gasteiger partial charge in [0.25, 0.3) is 5.91 Å². The number of hydrogen-bond donors (Lipinski definition) is 2. The van der Waals surface area contributed by atoms with Gasteiger partial charge >= 0.3 is 0 Å². The Morgan fingerprint density at radius 1 is 0.968 bits per heavy atom. The summed E-state index contributed by atoms with van der Waals surface area (Å²) < 4.78 is 0. The van der Waals surface area contributed by atoms with E-state index >= 15 is 0 Å². The molecule has 1 aromatic heterocycles. The molecule has 1 aliphatic heterocycles. The van der Waals surface area contributed by atoms with Gasteiger partial charge in [-0.25, -0.2) is 0 Å². The topological polar surface area (TPSA) is 69.2 Å². The lowest BCUT2D eigenvalue weighted by molar-refractivity contribution is 0.0730. The Kier molecular flexibility index (Phi) is 4.93. The molecule has 0 saturated heterocycles. The van der Waals surface area contributed by atoms with E-state index < -0.39 is 6.04 Å². The Bertz CT molecular complexity index is 1280. The molecule has 31 heavy (non-hydrogen) atoms. The molecule has 154 valence electrons. The van der Waals surface area contributed by atoms with Crippen molar-refractivity contribution in [3.05, 3.63) is 105 Å². The predicted molar refractivity (Wildman–Crippen MR) is 120 cm³/mol. The Balaban J connectivity index is 1.66. The third-order valence-corrected chi connectivity index (χ3v) is 5.94. The van der Waals surface area contributed by atoms with Crippen molar-refractivity contribution in [3.8, 4) is 17.0 Å². The first-order chi connectivity index (χ1) is 15.0. The number of nitrogens with zero attached hydrogens (tertiary/aromatic N) is 2. The molecule has 2 N–H and O–H groups in total. The molecule has 0 fully saturated rings. The van der Waals surface area contributed by atoms with E-state index in [0.29, 0.717) is 33.5 Å². The minimum Gasteiger partial charge on any atom is -0.507 e. The first-order valence-corrected chi connectivity index (χ1v) is 10.5. The molecule has 1 amide bonds. The average molecular weight is 450 g/mol. The summed E-state index contributed by atoms with van der Waals surface area (Å²) in [5.74, 6) is -0.0608. The zero-order valence-electron chi connectivity index (χ0n) is 16.2. The molecule has 0 saturated carbocycles. The van der Waals surface area contributed by atoms with Crippen molar-refractivity contribution in [3.63, 3.8) is 0 Å². The van der Waals surface area contributed by atoms with Crippen LogP contribution in [0.15, 0.2) is 72.8 Å². The van der Waals surface area contributed by atoms with E-state index in [2.05, 4.69) is 10.2 Å². The van der Waals surface area contributed by atoms with Gasteiger partial charge in [0.05, 0.1) is 6.04 Å². The maximum Gasteiger partial charge on any atom is 0.273 e. The highest BCUT2D eigenvalue weighted by Crippen LogP contribution is 2.45. The highest BCUT2D eigenvalue weighted by Gasteiger charge is 2.42. The van der Waals surface area contributed by atoms with Gasteiger partial charge in [0.1, 0.15) is 17.1 Å². The lowest BCUT2D eigenvalue weighted by Crippen LogP contribution is -2.29. The van der Waals surface area contributed by atoms with Crippen LogP contribution in [0.3, 0.4) is 0 Å². The summed E-state index contributed by atoms with van der Waals surface area (Å²) in [6.45, 7) is 0.385. The largest absolute Gasteiger partial charge is 0.507 e. The first kappa shape index (κ1) is 19.7. The first-order valence-electron chi connectivity index (χ1n) is 9.70. The quantitative estimate of drug-likeness (QED) is 0.411. The average Bonchev–Trinajstić information content (AvgIpc) is 3.29. The van der Waals surface area contributed by atoms with Gasteiger partial charge in [0.15, 0.2) is 0 Å². The van der Waals surface area contributed by atoms with Crippen molar-refractivity contribution in [2.24, 2.45) is 0 Å². The van der Waals surface area contributed by atoms with Gasteiger partial charge in [-0.05, 0) is 47.5 Å². The predicted octanol–water partition coefficient (Wildman–Crippen LogP) is 5.83. The number of benzene rings is 3. The van der Waals surface area contributed by atoms with Crippen LogP contribution >= 0.6 is 23.2 Å². The van der Waals surface area contributed by atoms with Crippen LogP contribution in [0, 0.1) is 0 Å². The van der Waals surface area contributed by atoms with Gasteiger partial charge in [-0.2, -0.15) is 5.10 Å². The van der Waals surface area contributed by atoms with Crippen LogP contribution in [0.2, 0.25) is 10.0 Å². The second kappa shape index (κ2) is 7.76. The lowest BCUT2D eigenvalue weighted by Gasteiger charge is -2.26. The summed E-state index contributed by atoms with van der Waals surface area (Å²) in [5, 5.41) is 18.9.